The lowest BCUT2D eigenvalue weighted by Crippen LogP contribution is -2.31. The molecule has 0 fully saturated rings. The molecule has 34 heavy (non-hydrogen) atoms. The van der Waals surface area contributed by atoms with Crippen LogP contribution in [0.2, 0.25) is 10.0 Å². The second-order valence-electron chi connectivity index (χ2n) is 8.03. The van der Waals surface area contributed by atoms with Gasteiger partial charge in [-0.3, -0.25) is 4.79 Å². The Bertz CT molecular complexity index is 1470. The molecule has 0 spiro atoms. The number of aromatic nitrogens is 3. The van der Waals surface area contributed by atoms with Crippen LogP contribution in [0, 0.1) is 32.1 Å². The Morgan fingerprint density at radius 2 is 1.91 bits per heavy atom. The second kappa shape index (κ2) is 9.34. The summed E-state index contributed by atoms with van der Waals surface area (Å²) in [7, 11) is 0. The number of carbonyl (C=O) groups is 1. The van der Waals surface area contributed by atoms with Crippen LogP contribution in [0.15, 0.2) is 42.6 Å². The highest BCUT2D eigenvalue weighted by Gasteiger charge is 2.22. The molecule has 1 N–H and O–H groups in total. The molecule has 0 bridgehead atoms. The summed E-state index contributed by atoms with van der Waals surface area (Å²) in [6.45, 7) is 7.61. The van der Waals surface area contributed by atoms with Crippen molar-refractivity contribution >= 4 is 45.8 Å². The zero-order valence-electron chi connectivity index (χ0n) is 19.0. The van der Waals surface area contributed by atoms with E-state index in [1.807, 2.05) is 26.8 Å². The summed E-state index contributed by atoms with van der Waals surface area (Å²) in [5, 5.41) is 18.5. The van der Waals surface area contributed by atoms with E-state index < -0.39 is 12.0 Å². The average Bonchev–Trinajstić information content (AvgIpc) is 3.18. The highest BCUT2D eigenvalue weighted by Crippen LogP contribution is 2.29. The first-order valence-electron chi connectivity index (χ1n) is 10.5. The molecule has 2 aromatic carbocycles. The van der Waals surface area contributed by atoms with Gasteiger partial charge in [-0.25, -0.2) is 4.98 Å². The molecule has 1 amide bonds. The van der Waals surface area contributed by atoms with E-state index in [9.17, 15) is 10.1 Å². The number of nitrogens with one attached hydrogen (secondary N) is 1. The number of ether oxygens (including phenoxy) is 1. The molecule has 2 aromatic heterocycles. The number of pyridine rings is 1. The molecular weight excluding hydrogens is 473 g/mol. The van der Waals surface area contributed by atoms with Crippen LogP contribution < -0.4 is 10.1 Å². The molecule has 2 heterocycles. The summed E-state index contributed by atoms with van der Waals surface area (Å²) in [6, 6.07) is 12.8. The number of benzene rings is 2. The van der Waals surface area contributed by atoms with Gasteiger partial charge in [-0.05, 0) is 69.2 Å². The zero-order valence-corrected chi connectivity index (χ0v) is 20.5. The maximum Gasteiger partial charge on any atom is 0.266 e. The molecule has 0 aliphatic heterocycles. The van der Waals surface area contributed by atoms with Crippen LogP contribution in [0.5, 0.6) is 5.75 Å². The minimum atomic E-state index is -0.912. The summed E-state index contributed by atoms with van der Waals surface area (Å²) in [6.07, 6.45) is 0.477. The van der Waals surface area contributed by atoms with Crippen molar-refractivity contribution in [2.75, 3.05) is 5.32 Å². The van der Waals surface area contributed by atoms with E-state index in [-0.39, 0.29) is 16.4 Å². The third-order valence-electron chi connectivity index (χ3n) is 5.36. The Morgan fingerprint density at radius 1 is 1.15 bits per heavy atom. The number of fused-ring (bicyclic) bond motifs is 1. The monoisotopic (exact) mass is 493 g/mol. The van der Waals surface area contributed by atoms with Crippen LogP contribution in [0.4, 0.5) is 5.82 Å². The van der Waals surface area contributed by atoms with E-state index in [0.29, 0.717) is 16.6 Å². The largest absolute Gasteiger partial charge is 0.479 e. The fraction of sp³-hybridized carbons (Fsp3) is 0.200. The average molecular weight is 494 g/mol. The topological polar surface area (TPSA) is 92.8 Å². The van der Waals surface area contributed by atoms with Gasteiger partial charge in [-0.15, -0.1) is 0 Å². The summed E-state index contributed by atoms with van der Waals surface area (Å²) in [5.74, 6) is 0.540. The first-order valence-corrected chi connectivity index (χ1v) is 11.2. The van der Waals surface area contributed by atoms with Crippen molar-refractivity contribution in [2.24, 2.45) is 0 Å². The number of anilines is 1. The van der Waals surface area contributed by atoms with Crippen molar-refractivity contribution in [1.82, 2.24) is 14.8 Å². The van der Waals surface area contributed by atoms with Gasteiger partial charge in [0.15, 0.2) is 17.7 Å². The number of nitriles is 1. The van der Waals surface area contributed by atoms with Crippen molar-refractivity contribution in [2.45, 2.75) is 33.8 Å². The van der Waals surface area contributed by atoms with Gasteiger partial charge in [0, 0.05) is 10.4 Å². The van der Waals surface area contributed by atoms with E-state index >= 15 is 0 Å². The Hall–Kier alpha value is -3.60. The van der Waals surface area contributed by atoms with Gasteiger partial charge in [0.25, 0.3) is 5.91 Å². The van der Waals surface area contributed by atoms with Crippen molar-refractivity contribution in [3.05, 3.63) is 74.9 Å². The van der Waals surface area contributed by atoms with Crippen LogP contribution in [-0.2, 0) is 4.79 Å². The SMILES string of the molecule is Cc1cc(C)c2nc(-n3ncc(C#N)c3NC(=O)C(C)Oc3ccc(Cl)cc3Cl)cc(C)c2c1. The normalized spacial score (nSPS) is 11.8. The predicted molar refractivity (Wildman–Crippen MR) is 133 cm³/mol. The lowest BCUT2D eigenvalue weighted by Gasteiger charge is -2.17. The quantitative estimate of drug-likeness (QED) is 0.371. The molecule has 4 aromatic rings. The van der Waals surface area contributed by atoms with E-state index in [0.717, 1.165) is 27.6 Å². The van der Waals surface area contributed by atoms with Gasteiger partial charge in [0.05, 0.1) is 16.7 Å². The maximum atomic E-state index is 12.9. The lowest BCUT2D eigenvalue weighted by atomic mass is 10.0. The fourth-order valence-electron chi connectivity index (χ4n) is 3.69. The lowest BCUT2D eigenvalue weighted by molar-refractivity contribution is -0.122. The molecule has 172 valence electrons. The van der Waals surface area contributed by atoms with E-state index in [2.05, 4.69) is 28.6 Å². The summed E-state index contributed by atoms with van der Waals surface area (Å²) in [4.78, 5) is 17.7. The highest BCUT2D eigenvalue weighted by molar-refractivity contribution is 6.35. The Balaban J connectivity index is 1.68. The van der Waals surface area contributed by atoms with Crippen molar-refractivity contribution in [3.63, 3.8) is 0 Å². The summed E-state index contributed by atoms with van der Waals surface area (Å²) < 4.78 is 7.15. The third-order valence-corrected chi connectivity index (χ3v) is 5.89. The Morgan fingerprint density at radius 3 is 2.62 bits per heavy atom. The highest BCUT2D eigenvalue weighted by atomic mass is 35.5. The van der Waals surface area contributed by atoms with Crippen LogP contribution in [-0.4, -0.2) is 26.8 Å². The van der Waals surface area contributed by atoms with Crippen LogP contribution in [0.25, 0.3) is 16.7 Å². The molecule has 9 heteroatoms. The first kappa shape index (κ1) is 23.6. The van der Waals surface area contributed by atoms with Crippen LogP contribution in [0.1, 0.15) is 29.2 Å². The molecule has 0 radical (unpaired) electrons. The number of aryl methyl sites for hydroxylation is 3. The number of rotatable bonds is 5. The number of nitrogens with zero attached hydrogens (tertiary/aromatic N) is 4. The third kappa shape index (κ3) is 4.56. The van der Waals surface area contributed by atoms with E-state index in [1.165, 1.54) is 16.9 Å². The minimum Gasteiger partial charge on any atom is -0.479 e. The van der Waals surface area contributed by atoms with Crippen LogP contribution >= 0.6 is 23.2 Å². The second-order valence-corrected chi connectivity index (χ2v) is 8.87. The number of amides is 1. The Kier molecular flexibility index (Phi) is 6.47. The molecule has 0 aliphatic rings. The van der Waals surface area contributed by atoms with Gasteiger partial charge < -0.3 is 10.1 Å². The number of hydrogen-bond acceptors (Lipinski definition) is 5. The predicted octanol–water partition coefficient (Wildman–Crippen LogP) is 5.93. The molecule has 0 saturated heterocycles. The molecule has 0 saturated carbocycles. The number of hydrogen-bond donors (Lipinski definition) is 1. The minimum absolute atomic E-state index is 0.199. The van der Waals surface area contributed by atoms with Gasteiger partial charge in [0.2, 0.25) is 0 Å². The Labute approximate surface area is 206 Å². The van der Waals surface area contributed by atoms with E-state index in [4.69, 9.17) is 32.9 Å². The number of carbonyl (C=O) groups excluding carboxylic acids is 1. The summed E-state index contributed by atoms with van der Waals surface area (Å²) >= 11 is 12.1. The molecule has 4 rings (SSSR count). The smallest absolute Gasteiger partial charge is 0.266 e. The molecule has 1 unspecified atom stereocenters. The fourth-order valence-corrected chi connectivity index (χ4v) is 4.15. The molecule has 0 aliphatic carbocycles. The van der Waals surface area contributed by atoms with Crippen molar-refractivity contribution in [1.29, 1.82) is 5.26 Å². The van der Waals surface area contributed by atoms with Gasteiger partial charge >= 0.3 is 0 Å². The van der Waals surface area contributed by atoms with Gasteiger partial charge in [0.1, 0.15) is 17.4 Å². The van der Waals surface area contributed by atoms with Gasteiger partial charge in [-0.2, -0.15) is 15.0 Å². The maximum absolute atomic E-state index is 12.9. The van der Waals surface area contributed by atoms with Crippen molar-refractivity contribution < 1.29 is 9.53 Å². The summed E-state index contributed by atoms with van der Waals surface area (Å²) in [5.41, 5.74) is 4.22. The molecular formula is C25H21Cl2N5O2. The van der Waals surface area contributed by atoms with Crippen molar-refractivity contribution in [3.8, 4) is 17.6 Å². The number of halogens is 2. The van der Waals surface area contributed by atoms with Gasteiger partial charge in [-0.1, -0.05) is 34.8 Å². The van der Waals surface area contributed by atoms with E-state index in [1.54, 1.807) is 19.1 Å². The standard InChI is InChI=1S/C25H21Cl2N5O2/c1-13-7-15(3)23-19(8-13)14(2)9-22(30-23)32-24(17(11-28)12-29-32)31-25(33)16(4)34-21-6-5-18(26)10-20(21)27/h5-10,12,16H,1-4H3,(H,31,33). The molecule has 7 nitrogen and oxygen atoms in total. The first-order chi connectivity index (χ1) is 16.2. The molecule has 1 atom stereocenters. The zero-order chi connectivity index (χ0) is 24.6. The van der Waals surface area contributed by atoms with Crippen LogP contribution in [0.3, 0.4) is 0 Å².